The highest BCUT2D eigenvalue weighted by Crippen LogP contribution is 2.04. The fourth-order valence-corrected chi connectivity index (χ4v) is 1.35. The molecule has 1 aromatic rings. The predicted octanol–water partition coefficient (Wildman–Crippen LogP) is 1.60. The third-order valence-corrected chi connectivity index (χ3v) is 2.35. The molecule has 0 fully saturated rings. The quantitative estimate of drug-likeness (QED) is 0.600. The van der Waals surface area contributed by atoms with Crippen LogP contribution in [0.15, 0.2) is 30.6 Å². The first-order valence-electron chi connectivity index (χ1n) is 5.60. The molecule has 17 heavy (non-hydrogen) atoms. The maximum Gasteiger partial charge on any atom is 0.334 e. The van der Waals surface area contributed by atoms with Crippen LogP contribution in [0.3, 0.4) is 0 Å². The Kier molecular flexibility index (Phi) is 5.36. The van der Waals surface area contributed by atoms with E-state index in [9.17, 15) is 4.79 Å². The van der Waals surface area contributed by atoms with Gasteiger partial charge in [0.15, 0.2) is 0 Å². The van der Waals surface area contributed by atoms with Gasteiger partial charge in [0.1, 0.15) is 0 Å². The van der Waals surface area contributed by atoms with Gasteiger partial charge in [-0.25, -0.2) is 4.79 Å². The predicted molar refractivity (Wildman–Crippen MR) is 66.5 cm³/mol. The summed E-state index contributed by atoms with van der Waals surface area (Å²) in [4.78, 5) is 15.3. The summed E-state index contributed by atoms with van der Waals surface area (Å²) in [5.41, 5.74) is 2.73. The molecule has 92 valence electrons. The van der Waals surface area contributed by atoms with Gasteiger partial charge in [-0.2, -0.15) is 0 Å². The number of rotatable bonds is 6. The van der Waals surface area contributed by atoms with Gasteiger partial charge in [-0.1, -0.05) is 6.58 Å². The molecule has 0 bridgehead atoms. The van der Waals surface area contributed by atoms with Crippen LogP contribution in [-0.4, -0.2) is 24.1 Å². The molecule has 0 amide bonds. The summed E-state index contributed by atoms with van der Waals surface area (Å²) in [5, 5.41) is 3.15. The van der Waals surface area contributed by atoms with Crippen LogP contribution in [0.25, 0.3) is 0 Å². The molecule has 1 aromatic heterocycles. The normalized spacial score (nSPS) is 10.0. The minimum atomic E-state index is -0.341. The zero-order valence-electron chi connectivity index (χ0n) is 10.3. The number of hydrogen-bond donors (Lipinski definition) is 1. The Hall–Kier alpha value is -1.68. The van der Waals surface area contributed by atoms with Crippen LogP contribution in [0.1, 0.15) is 18.1 Å². The molecule has 4 nitrogen and oxygen atoms in total. The van der Waals surface area contributed by atoms with Crippen LogP contribution in [0.2, 0.25) is 0 Å². The molecule has 0 spiro atoms. The van der Waals surface area contributed by atoms with Gasteiger partial charge in [0.05, 0.1) is 6.61 Å². The molecule has 1 heterocycles. The first-order chi connectivity index (χ1) is 8.15. The van der Waals surface area contributed by atoms with E-state index in [1.165, 1.54) is 0 Å². The molecule has 0 aromatic carbocycles. The smallest absolute Gasteiger partial charge is 0.334 e. The maximum atomic E-state index is 11.3. The van der Waals surface area contributed by atoms with E-state index in [1.54, 1.807) is 13.1 Å². The molecule has 0 saturated carbocycles. The molecule has 0 aliphatic heterocycles. The molecule has 1 rings (SSSR count). The van der Waals surface area contributed by atoms with Crippen molar-refractivity contribution >= 4 is 5.97 Å². The second kappa shape index (κ2) is 6.81. The lowest BCUT2D eigenvalue weighted by Gasteiger charge is -2.08. The number of aromatic nitrogens is 1. The number of pyridine rings is 1. The number of ether oxygens (including phenoxy) is 1. The zero-order valence-corrected chi connectivity index (χ0v) is 10.3. The highest BCUT2D eigenvalue weighted by molar-refractivity contribution is 5.88. The number of carbonyl (C=O) groups excluding carboxylic acids is 1. The van der Waals surface area contributed by atoms with Crippen molar-refractivity contribution in [1.82, 2.24) is 10.3 Å². The number of carbonyl (C=O) groups is 1. The summed E-state index contributed by atoms with van der Waals surface area (Å²) < 4.78 is 4.84. The van der Waals surface area contributed by atoms with Crippen LogP contribution < -0.4 is 5.32 Å². The molecular formula is C13H18N2O2. The summed E-state index contributed by atoms with van der Waals surface area (Å²) in [6.07, 6.45) is 3.57. The third-order valence-electron chi connectivity index (χ3n) is 2.35. The summed E-state index contributed by atoms with van der Waals surface area (Å²) in [6.45, 7) is 8.95. The average molecular weight is 234 g/mol. The van der Waals surface area contributed by atoms with Crippen LogP contribution in [-0.2, 0) is 16.1 Å². The Morgan fingerprint density at radius 1 is 1.59 bits per heavy atom. The molecule has 0 unspecified atom stereocenters. The Labute approximate surface area is 102 Å². The Bertz CT molecular complexity index is 402. The van der Waals surface area contributed by atoms with Gasteiger partial charge in [0.2, 0.25) is 0 Å². The second-order valence-electron chi connectivity index (χ2n) is 3.73. The minimum Gasteiger partial charge on any atom is -0.463 e. The van der Waals surface area contributed by atoms with Gasteiger partial charge in [-0.15, -0.1) is 0 Å². The maximum absolute atomic E-state index is 11.3. The first kappa shape index (κ1) is 13.4. The van der Waals surface area contributed by atoms with Gasteiger partial charge in [-0.05, 0) is 31.0 Å². The van der Waals surface area contributed by atoms with Crippen molar-refractivity contribution in [2.24, 2.45) is 0 Å². The second-order valence-corrected chi connectivity index (χ2v) is 3.73. The molecule has 1 N–H and O–H groups in total. The lowest BCUT2D eigenvalue weighted by Crippen LogP contribution is -2.21. The SMILES string of the molecule is C=C(CNCc1ccncc1C)C(=O)OCC. The average Bonchev–Trinajstić information content (AvgIpc) is 2.31. The van der Waals surface area contributed by atoms with E-state index in [1.807, 2.05) is 19.2 Å². The highest BCUT2D eigenvalue weighted by atomic mass is 16.5. The third kappa shape index (κ3) is 4.36. The fraction of sp³-hybridized carbons (Fsp3) is 0.385. The van der Waals surface area contributed by atoms with E-state index in [0.29, 0.717) is 25.3 Å². The fourth-order valence-electron chi connectivity index (χ4n) is 1.35. The van der Waals surface area contributed by atoms with Gasteiger partial charge in [0.25, 0.3) is 0 Å². The monoisotopic (exact) mass is 234 g/mol. The lowest BCUT2D eigenvalue weighted by molar-refractivity contribution is -0.138. The zero-order chi connectivity index (χ0) is 12.7. The Morgan fingerprint density at radius 3 is 3.00 bits per heavy atom. The molecule has 0 radical (unpaired) electrons. The summed E-state index contributed by atoms with van der Waals surface area (Å²) in [5.74, 6) is -0.341. The van der Waals surface area contributed by atoms with Gasteiger partial charge in [-0.3, -0.25) is 4.98 Å². The topological polar surface area (TPSA) is 51.2 Å². The van der Waals surface area contributed by atoms with Crippen molar-refractivity contribution < 1.29 is 9.53 Å². The van der Waals surface area contributed by atoms with Gasteiger partial charge in [0, 0.05) is 31.1 Å². The van der Waals surface area contributed by atoms with E-state index in [-0.39, 0.29) is 5.97 Å². The molecule has 0 aliphatic rings. The summed E-state index contributed by atoms with van der Waals surface area (Å²) >= 11 is 0. The van der Waals surface area contributed by atoms with Gasteiger partial charge >= 0.3 is 5.97 Å². The van der Waals surface area contributed by atoms with Gasteiger partial charge < -0.3 is 10.1 Å². The molecule has 0 atom stereocenters. The minimum absolute atomic E-state index is 0.341. The van der Waals surface area contributed by atoms with Crippen LogP contribution in [0.5, 0.6) is 0 Å². The lowest BCUT2D eigenvalue weighted by atomic mass is 10.1. The van der Waals surface area contributed by atoms with E-state index < -0.39 is 0 Å². The van der Waals surface area contributed by atoms with Crippen molar-refractivity contribution in [2.75, 3.05) is 13.2 Å². The molecule has 0 saturated heterocycles. The van der Waals surface area contributed by atoms with Crippen molar-refractivity contribution in [3.05, 3.63) is 41.7 Å². The number of aryl methyl sites for hydroxylation is 1. The van der Waals surface area contributed by atoms with Crippen LogP contribution in [0, 0.1) is 6.92 Å². The molecule has 4 heteroatoms. The number of esters is 1. The van der Waals surface area contributed by atoms with E-state index in [0.717, 1.165) is 11.1 Å². The number of nitrogens with one attached hydrogen (secondary N) is 1. The summed E-state index contributed by atoms with van der Waals surface area (Å²) in [7, 11) is 0. The highest BCUT2D eigenvalue weighted by Gasteiger charge is 2.06. The van der Waals surface area contributed by atoms with E-state index in [4.69, 9.17) is 4.74 Å². The first-order valence-corrected chi connectivity index (χ1v) is 5.60. The number of hydrogen-bond acceptors (Lipinski definition) is 4. The molecule has 0 aliphatic carbocycles. The van der Waals surface area contributed by atoms with E-state index >= 15 is 0 Å². The van der Waals surface area contributed by atoms with Crippen molar-refractivity contribution in [3.63, 3.8) is 0 Å². The van der Waals surface area contributed by atoms with Crippen LogP contribution >= 0.6 is 0 Å². The van der Waals surface area contributed by atoms with Crippen molar-refractivity contribution in [2.45, 2.75) is 20.4 Å². The molecular weight excluding hydrogens is 216 g/mol. The van der Waals surface area contributed by atoms with Crippen molar-refractivity contribution in [1.29, 1.82) is 0 Å². The van der Waals surface area contributed by atoms with Crippen LogP contribution in [0.4, 0.5) is 0 Å². The standard InChI is InChI=1S/C13H18N2O2/c1-4-17-13(16)11(3)8-15-9-12-5-6-14-7-10(12)2/h5-7,15H,3-4,8-9H2,1-2H3. The van der Waals surface area contributed by atoms with E-state index in [2.05, 4.69) is 16.9 Å². The number of nitrogens with zero attached hydrogens (tertiary/aromatic N) is 1. The Balaban J connectivity index is 2.36. The van der Waals surface area contributed by atoms with Crippen molar-refractivity contribution in [3.8, 4) is 0 Å². The largest absolute Gasteiger partial charge is 0.463 e. The summed E-state index contributed by atoms with van der Waals surface area (Å²) in [6, 6.07) is 1.95. The Morgan fingerprint density at radius 2 is 2.35 bits per heavy atom.